The maximum Gasteiger partial charge on any atom is 0.0676 e. The van der Waals surface area contributed by atoms with Crippen molar-refractivity contribution in [3.63, 3.8) is 0 Å². The third kappa shape index (κ3) is 1.38. The zero-order valence-corrected chi connectivity index (χ0v) is 7.63. The second kappa shape index (κ2) is 3.00. The standard InChI is InChI=1S/C10H19NO/c11-9-4-3-8(7-9)10(12)5-1-2-6-10/h8-9,12H,1-7,11H2. The number of aliphatic hydroxyl groups is 1. The average Bonchev–Trinajstić information content (AvgIpc) is 2.59. The maximum atomic E-state index is 10.3. The van der Waals surface area contributed by atoms with Crippen LogP contribution in [0.2, 0.25) is 0 Å². The van der Waals surface area contributed by atoms with E-state index >= 15 is 0 Å². The van der Waals surface area contributed by atoms with Gasteiger partial charge in [0.05, 0.1) is 5.60 Å². The lowest BCUT2D eigenvalue weighted by atomic mass is 9.84. The van der Waals surface area contributed by atoms with E-state index in [0.29, 0.717) is 12.0 Å². The van der Waals surface area contributed by atoms with Gasteiger partial charge in [-0.3, -0.25) is 0 Å². The molecule has 0 aromatic carbocycles. The highest BCUT2D eigenvalue weighted by molar-refractivity contribution is 4.95. The van der Waals surface area contributed by atoms with Crippen molar-refractivity contribution in [3.8, 4) is 0 Å². The molecule has 2 atom stereocenters. The summed E-state index contributed by atoms with van der Waals surface area (Å²) in [7, 11) is 0. The molecule has 0 aromatic rings. The second-order valence-corrected chi connectivity index (χ2v) is 4.58. The normalized spacial score (nSPS) is 40.5. The van der Waals surface area contributed by atoms with Gasteiger partial charge in [-0.25, -0.2) is 0 Å². The smallest absolute Gasteiger partial charge is 0.0676 e. The summed E-state index contributed by atoms with van der Waals surface area (Å²) in [6.45, 7) is 0. The van der Waals surface area contributed by atoms with Crippen LogP contribution in [0.4, 0.5) is 0 Å². The highest BCUT2D eigenvalue weighted by Crippen LogP contribution is 2.43. The van der Waals surface area contributed by atoms with Crippen molar-refractivity contribution in [2.45, 2.75) is 56.6 Å². The lowest BCUT2D eigenvalue weighted by Gasteiger charge is -2.29. The Morgan fingerprint density at radius 2 is 1.83 bits per heavy atom. The summed E-state index contributed by atoms with van der Waals surface area (Å²) in [6.07, 6.45) is 7.78. The molecule has 70 valence electrons. The molecule has 2 rings (SSSR count). The van der Waals surface area contributed by atoms with E-state index in [1.165, 1.54) is 12.8 Å². The van der Waals surface area contributed by atoms with Crippen molar-refractivity contribution in [2.24, 2.45) is 11.7 Å². The van der Waals surface area contributed by atoms with E-state index in [9.17, 15) is 5.11 Å². The molecule has 3 N–H and O–H groups in total. The molecule has 2 saturated carbocycles. The highest BCUT2D eigenvalue weighted by atomic mass is 16.3. The fourth-order valence-corrected chi connectivity index (χ4v) is 2.90. The Balaban J connectivity index is 1.99. The van der Waals surface area contributed by atoms with E-state index in [-0.39, 0.29) is 5.60 Å². The number of nitrogens with two attached hydrogens (primary N) is 1. The van der Waals surface area contributed by atoms with E-state index in [1.807, 2.05) is 0 Å². The summed E-state index contributed by atoms with van der Waals surface area (Å²) in [5.41, 5.74) is 5.52. The Labute approximate surface area is 74.1 Å². The summed E-state index contributed by atoms with van der Waals surface area (Å²) in [5.74, 6) is 0.509. The molecule has 0 saturated heterocycles. The van der Waals surface area contributed by atoms with Crippen molar-refractivity contribution in [3.05, 3.63) is 0 Å². The first kappa shape index (κ1) is 8.52. The van der Waals surface area contributed by atoms with Crippen molar-refractivity contribution >= 4 is 0 Å². The molecule has 2 aliphatic rings. The molecular weight excluding hydrogens is 150 g/mol. The molecule has 0 spiro atoms. The number of hydrogen-bond acceptors (Lipinski definition) is 2. The molecule has 2 unspecified atom stereocenters. The second-order valence-electron chi connectivity index (χ2n) is 4.58. The van der Waals surface area contributed by atoms with Crippen molar-refractivity contribution in [2.75, 3.05) is 0 Å². The van der Waals surface area contributed by atoms with Crippen LogP contribution in [-0.4, -0.2) is 16.7 Å². The third-order valence-corrected chi connectivity index (χ3v) is 3.70. The molecule has 0 aliphatic heterocycles. The van der Waals surface area contributed by atoms with Gasteiger partial charge in [0.2, 0.25) is 0 Å². The van der Waals surface area contributed by atoms with E-state index < -0.39 is 0 Å². The van der Waals surface area contributed by atoms with Crippen LogP contribution in [-0.2, 0) is 0 Å². The lowest BCUT2D eigenvalue weighted by Crippen LogP contribution is -2.34. The van der Waals surface area contributed by atoms with Gasteiger partial charge in [0.15, 0.2) is 0 Å². The number of hydrogen-bond donors (Lipinski definition) is 2. The quantitative estimate of drug-likeness (QED) is 0.623. The van der Waals surface area contributed by atoms with Gasteiger partial charge in [-0.15, -0.1) is 0 Å². The van der Waals surface area contributed by atoms with Crippen LogP contribution in [0.25, 0.3) is 0 Å². The first-order chi connectivity index (χ1) is 5.71. The monoisotopic (exact) mass is 169 g/mol. The van der Waals surface area contributed by atoms with E-state index in [2.05, 4.69) is 0 Å². The molecule has 0 amide bonds. The van der Waals surface area contributed by atoms with Gasteiger partial charge < -0.3 is 10.8 Å². The summed E-state index contributed by atoms with van der Waals surface area (Å²) in [4.78, 5) is 0. The zero-order chi connectivity index (χ0) is 8.60. The molecule has 2 aliphatic carbocycles. The minimum atomic E-state index is -0.325. The Kier molecular flexibility index (Phi) is 2.13. The van der Waals surface area contributed by atoms with Crippen LogP contribution in [0.3, 0.4) is 0 Å². The minimum Gasteiger partial charge on any atom is -0.390 e. The molecule has 2 nitrogen and oxygen atoms in total. The van der Waals surface area contributed by atoms with Gasteiger partial charge in [-0.1, -0.05) is 12.8 Å². The van der Waals surface area contributed by atoms with E-state index in [1.54, 1.807) is 0 Å². The molecule has 12 heavy (non-hydrogen) atoms. The number of rotatable bonds is 1. The first-order valence-corrected chi connectivity index (χ1v) is 5.19. The summed E-state index contributed by atoms with van der Waals surface area (Å²) in [5, 5.41) is 10.3. The van der Waals surface area contributed by atoms with Gasteiger partial charge in [0.25, 0.3) is 0 Å². The predicted octanol–water partition coefficient (Wildman–Crippen LogP) is 1.42. The Morgan fingerprint density at radius 3 is 2.33 bits per heavy atom. The Morgan fingerprint density at radius 1 is 1.17 bits per heavy atom. The topological polar surface area (TPSA) is 46.2 Å². The van der Waals surface area contributed by atoms with Crippen molar-refractivity contribution < 1.29 is 5.11 Å². The largest absolute Gasteiger partial charge is 0.390 e. The van der Waals surface area contributed by atoms with Gasteiger partial charge in [0.1, 0.15) is 0 Å². The van der Waals surface area contributed by atoms with Crippen LogP contribution in [0.15, 0.2) is 0 Å². The molecule has 2 heteroatoms. The Bertz CT molecular complexity index is 163. The zero-order valence-electron chi connectivity index (χ0n) is 7.63. The van der Waals surface area contributed by atoms with Gasteiger partial charge >= 0.3 is 0 Å². The van der Waals surface area contributed by atoms with Crippen molar-refractivity contribution in [1.29, 1.82) is 0 Å². The molecule has 0 radical (unpaired) electrons. The fourth-order valence-electron chi connectivity index (χ4n) is 2.90. The van der Waals surface area contributed by atoms with Crippen LogP contribution in [0, 0.1) is 5.92 Å². The van der Waals surface area contributed by atoms with Crippen LogP contribution < -0.4 is 5.73 Å². The summed E-state index contributed by atoms with van der Waals surface area (Å²) >= 11 is 0. The van der Waals surface area contributed by atoms with Crippen LogP contribution in [0.5, 0.6) is 0 Å². The molecule has 0 aromatic heterocycles. The highest BCUT2D eigenvalue weighted by Gasteiger charge is 2.41. The van der Waals surface area contributed by atoms with E-state index in [4.69, 9.17) is 5.73 Å². The minimum absolute atomic E-state index is 0.325. The fraction of sp³-hybridized carbons (Fsp3) is 1.00. The molecule has 2 fully saturated rings. The molecule has 0 bridgehead atoms. The maximum absolute atomic E-state index is 10.3. The predicted molar refractivity (Wildman–Crippen MR) is 48.7 cm³/mol. The molecule has 0 heterocycles. The van der Waals surface area contributed by atoms with Gasteiger partial charge in [0, 0.05) is 6.04 Å². The third-order valence-electron chi connectivity index (χ3n) is 3.70. The Hall–Kier alpha value is -0.0800. The summed E-state index contributed by atoms with van der Waals surface area (Å²) in [6, 6.07) is 0.361. The van der Waals surface area contributed by atoms with Gasteiger partial charge in [-0.05, 0) is 38.0 Å². The van der Waals surface area contributed by atoms with Crippen molar-refractivity contribution in [1.82, 2.24) is 0 Å². The SMILES string of the molecule is NC1CCC(C2(O)CCCC2)C1. The molecular formula is C10H19NO. The van der Waals surface area contributed by atoms with Crippen LogP contribution in [0.1, 0.15) is 44.9 Å². The van der Waals surface area contributed by atoms with E-state index in [0.717, 1.165) is 32.1 Å². The van der Waals surface area contributed by atoms with Crippen LogP contribution >= 0.6 is 0 Å². The summed E-state index contributed by atoms with van der Waals surface area (Å²) < 4.78 is 0. The van der Waals surface area contributed by atoms with Gasteiger partial charge in [-0.2, -0.15) is 0 Å². The average molecular weight is 169 g/mol. The lowest BCUT2D eigenvalue weighted by molar-refractivity contribution is -0.0101. The first-order valence-electron chi connectivity index (χ1n) is 5.19.